The van der Waals surface area contributed by atoms with Crippen molar-refractivity contribution >= 4 is 51.0 Å². The molecular weight excluding hydrogens is 446 g/mol. The smallest absolute Gasteiger partial charge is 0.326 e. The van der Waals surface area contributed by atoms with Crippen LogP contribution < -0.4 is 10.6 Å². The number of benzene rings is 2. The Morgan fingerprint density at radius 3 is 2.69 bits per heavy atom. The number of rotatable bonds is 10. The summed E-state index contributed by atoms with van der Waals surface area (Å²) in [5.74, 6) is -1.38. The highest BCUT2D eigenvalue weighted by Crippen LogP contribution is 2.26. The number of amides is 1. The number of aromatic amines is 1. The van der Waals surface area contributed by atoms with Gasteiger partial charge in [0.2, 0.25) is 11.0 Å². The summed E-state index contributed by atoms with van der Waals surface area (Å²) in [6.45, 7) is 0.634. The summed E-state index contributed by atoms with van der Waals surface area (Å²) in [5, 5.41) is 25.2. The summed E-state index contributed by atoms with van der Waals surface area (Å²) in [6, 6.07) is 16.6. The number of aliphatic carboxylic acids is 1. The molecule has 0 saturated heterocycles. The van der Waals surface area contributed by atoms with Crippen molar-refractivity contribution in [2.75, 3.05) is 11.1 Å². The lowest BCUT2D eigenvalue weighted by molar-refractivity contribution is -0.141. The third-order valence-corrected chi connectivity index (χ3v) is 6.77. The van der Waals surface area contributed by atoms with Crippen molar-refractivity contribution in [1.29, 1.82) is 0 Å². The Labute approximate surface area is 192 Å². The summed E-state index contributed by atoms with van der Waals surface area (Å²) in [5.41, 5.74) is 2.91. The average Bonchev–Trinajstić information content (AvgIpc) is 3.43. The maximum Gasteiger partial charge on any atom is 0.326 e. The predicted octanol–water partition coefficient (Wildman–Crippen LogP) is 3.54. The van der Waals surface area contributed by atoms with E-state index in [4.69, 9.17) is 0 Å². The highest BCUT2D eigenvalue weighted by molar-refractivity contribution is 8.01. The maximum absolute atomic E-state index is 12.4. The van der Waals surface area contributed by atoms with E-state index in [1.807, 2.05) is 54.6 Å². The van der Waals surface area contributed by atoms with Gasteiger partial charge in [0.15, 0.2) is 4.34 Å². The Morgan fingerprint density at radius 1 is 1.09 bits per heavy atom. The van der Waals surface area contributed by atoms with Gasteiger partial charge in [0.05, 0.1) is 5.75 Å². The Bertz CT molecular complexity index is 1210. The van der Waals surface area contributed by atoms with Crippen molar-refractivity contribution in [2.24, 2.45) is 0 Å². The molecule has 0 aliphatic heterocycles. The quantitative estimate of drug-likeness (QED) is 0.263. The largest absolute Gasteiger partial charge is 0.480 e. The van der Waals surface area contributed by atoms with E-state index in [1.54, 1.807) is 6.20 Å². The van der Waals surface area contributed by atoms with Crippen molar-refractivity contribution in [3.05, 3.63) is 71.9 Å². The van der Waals surface area contributed by atoms with Gasteiger partial charge in [-0.15, -0.1) is 10.2 Å². The standard InChI is InChI=1S/C22H21N5O3S2/c28-19(13-31-22-27-26-21(32-22)24-11-14-6-2-1-3-7-14)25-18(20(29)30)10-15-12-23-17-9-5-4-8-16(15)17/h1-9,12,18,23H,10-11,13H2,(H,24,26)(H,25,28)(H,29,30)/t18-/m0/s1. The normalized spacial score (nSPS) is 11.9. The van der Waals surface area contributed by atoms with Crippen LogP contribution in [0.4, 0.5) is 5.13 Å². The minimum absolute atomic E-state index is 0.0605. The molecule has 10 heteroatoms. The SMILES string of the molecule is O=C(CSc1nnc(NCc2ccccc2)s1)N[C@@H](Cc1c[nH]c2ccccc12)C(=O)O. The van der Waals surface area contributed by atoms with Crippen molar-refractivity contribution in [3.8, 4) is 0 Å². The molecule has 0 aliphatic carbocycles. The van der Waals surface area contributed by atoms with Gasteiger partial charge in [-0.25, -0.2) is 4.79 Å². The van der Waals surface area contributed by atoms with E-state index < -0.39 is 12.0 Å². The summed E-state index contributed by atoms with van der Waals surface area (Å²) < 4.78 is 0.638. The topological polar surface area (TPSA) is 120 Å². The number of para-hydroxylation sites is 1. The second-order valence-electron chi connectivity index (χ2n) is 7.02. The third-order valence-electron chi connectivity index (χ3n) is 4.75. The van der Waals surface area contributed by atoms with E-state index in [2.05, 4.69) is 25.8 Å². The number of nitrogens with zero attached hydrogens (tertiary/aromatic N) is 2. The molecule has 2 aromatic heterocycles. The first-order valence-electron chi connectivity index (χ1n) is 9.90. The zero-order chi connectivity index (χ0) is 22.3. The van der Waals surface area contributed by atoms with Crippen molar-refractivity contribution in [3.63, 3.8) is 0 Å². The Morgan fingerprint density at radius 2 is 1.88 bits per heavy atom. The number of nitrogens with one attached hydrogen (secondary N) is 3. The van der Waals surface area contributed by atoms with E-state index in [1.165, 1.54) is 23.1 Å². The molecule has 0 fully saturated rings. The Balaban J connectivity index is 1.28. The lowest BCUT2D eigenvalue weighted by Crippen LogP contribution is -2.43. The molecule has 0 spiro atoms. The number of thioether (sulfide) groups is 1. The van der Waals surface area contributed by atoms with Crippen molar-refractivity contribution in [2.45, 2.75) is 23.3 Å². The number of carbonyl (C=O) groups excluding carboxylic acids is 1. The van der Waals surface area contributed by atoms with Crippen LogP contribution >= 0.6 is 23.1 Å². The van der Waals surface area contributed by atoms with Crippen LogP contribution in [0.3, 0.4) is 0 Å². The molecule has 1 amide bonds. The average molecular weight is 468 g/mol. The number of carbonyl (C=O) groups is 2. The predicted molar refractivity (Wildman–Crippen MR) is 126 cm³/mol. The summed E-state index contributed by atoms with van der Waals surface area (Å²) in [4.78, 5) is 27.2. The Hall–Kier alpha value is -3.37. The van der Waals surface area contributed by atoms with Crippen molar-refractivity contribution in [1.82, 2.24) is 20.5 Å². The molecule has 0 radical (unpaired) electrons. The molecule has 8 nitrogen and oxygen atoms in total. The molecular formula is C22H21N5O3S2. The highest BCUT2D eigenvalue weighted by atomic mass is 32.2. The number of hydrogen-bond donors (Lipinski definition) is 4. The molecule has 0 aliphatic rings. The number of fused-ring (bicyclic) bond motifs is 1. The molecule has 1 atom stereocenters. The first kappa shape index (κ1) is 21.8. The molecule has 0 unspecified atom stereocenters. The molecule has 2 heterocycles. The molecule has 4 aromatic rings. The van der Waals surface area contributed by atoms with E-state index in [0.29, 0.717) is 16.0 Å². The van der Waals surface area contributed by atoms with Gasteiger partial charge in [-0.3, -0.25) is 4.79 Å². The van der Waals surface area contributed by atoms with Gasteiger partial charge in [0.25, 0.3) is 0 Å². The molecule has 4 rings (SSSR count). The first-order chi connectivity index (χ1) is 15.6. The van der Waals surface area contributed by atoms with Crippen LogP contribution in [-0.4, -0.2) is 44.0 Å². The highest BCUT2D eigenvalue weighted by Gasteiger charge is 2.22. The number of anilines is 1. The number of carboxylic acids is 1. The first-order valence-corrected chi connectivity index (χ1v) is 11.7. The number of H-pyrrole nitrogens is 1. The second kappa shape index (κ2) is 10.3. The van der Waals surface area contributed by atoms with Gasteiger partial charge in [-0.2, -0.15) is 0 Å². The van der Waals surface area contributed by atoms with Gasteiger partial charge in [0, 0.05) is 30.1 Å². The molecule has 32 heavy (non-hydrogen) atoms. The van der Waals surface area contributed by atoms with Crippen LogP contribution in [0.2, 0.25) is 0 Å². The van der Waals surface area contributed by atoms with Gasteiger partial charge in [-0.05, 0) is 17.2 Å². The summed E-state index contributed by atoms with van der Waals surface area (Å²) >= 11 is 2.58. The van der Waals surface area contributed by atoms with Gasteiger partial charge >= 0.3 is 5.97 Å². The molecule has 0 saturated carbocycles. The fourth-order valence-electron chi connectivity index (χ4n) is 3.20. The van der Waals surface area contributed by atoms with E-state index in [0.717, 1.165) is 22.0 Å². The molecule has 4 N–H and O–H groups in total. The zero-order valence-electron chi connectivity index (χ0n) is 16.9. The minimum Gasteiger partial charge on any atom is -0.480 e. The molecule has 2 aromatic carbocycles. The van der Waals surface area contributed by atoms with Crippen LogP contribution in [0.15, 0.2) is 65.1 Å². The lowest BCUT2D eigenvalue weighted by atomic mass is 10.1. The van der Waals surface area contributed by atoms with Crippen LogP contribution in [0, 0.1) is 0 Å². The number of carboxylic acid groups (broad SMARTS) is 1. The maximum atomic E-state index is 12.4. The summed E-state index contributed by atoms with van der Waals surface area (Å²) in [6.07, 6.45) is 1.98. The van der Waals surface area contributed by atoms with Crippen LogP contribution in [0.25, 0.3) is 10.9 Å². The fourth-order valence-corrected chi connectivity index (χ4v) is 4.76. The summed E-state index contributed by atoms with van der Waals surface area (Å²) in [7, 11) is 0. The van der Waals surface area contributed by atoms with Gasteiger partial charge in [-0.1, -0.05) is 71.6 Å². The van der Waals surface area contributed by atoms with E-state index in [-0.39, 0.29) is 18.1 Å². The number of hydrogen-bond acceptors (Lipinski definition) is 7. The zero-order valence-corrected chi connectivity index (χ0v) is 18.6. The fraction of sp³-hybridized carbons (Fsp3) is 0.182. The molecule has 164 valence electrons. The van der Waals surface area contributed by atoms with Gasteiger partial charge < -0.3 is 20.7 Å². The van der Waals surface area contributed by atoms with Crippen molar-refractivity contribution < 1.29 is 14.7 Å². The van der Waals surface area contributed by atoms with Crippen LogP contribution in [-0.2, 0) is 22.6 Å². The minimum atomic E-state index is -1.07. The third kappa shape index (κ3) is 5.65. The van der Waals surface area contributed by atoms with Crippen LogP contribution in [0.1, 0.15) is 11.1 Å². The molecule has 0 bridgehead atoms. The van der Waals surface area contributed by atoms with E-state index in [9.17, 15) is 14.7 Å². The number of aromatic nitrogens is 3. The van der Waals surface area contributed by atoms with Gasteiger partial charge in [0.1, 0.15) is 6.04 Å². The second-order valence-corrected chi connectivity index (χ2v) is 9.22. The van der Waals surface area contributed by atoms with Crippen LogP contribution in [0.5, 0.6) is 0 Å². The Kier molecular flexibility index (Phi) is 7.03. The monoisotopic (exact) mass is 467 g/mol. The van der Waals surface area contributed by atoms with E-state index >= 15 is 0 Å². The lowest BCUT2D eigenvalue weighted by Gasteiger charge is -2.13.